The molecule has 0 atom stereocenters. The molecule has 2 aromatic rings. The van der Waals surface area contributed by atoms with Gasteiger partial charge in [0, 0.05) is 26.2 Å². The van der Waals surface area contributed by atoms with Crippen LogP contribution in [0.3, 0.4) is 0 Å². The van der Waals surface area contributed by atoms with Crippen molar-refractivity contribution < 1.29 is 0 Å². The minimum atomic E-state index is 0.471. The van der Waals surface area contributed by atoms with E-state index in [9.17, 15) is 0 Å². The fourth-order valence-electron chi connectivity index (χ4n) is 2.71. The molecule has 1 aliphatic heterocycles. The van der Waals surface area contributed by atoms with Crippen LogP contribution in [0.5, 0.6) is 0 Å². The number of hydrazine groups is 1. The van der Waals surface area contributed by atoms with E-state index in [1.54, 1.807) is 18.2 Å². The van der Waals surface area contributed by atoms with Gasteiger partial charge in [-0.3, -0.25) is 5.01 Å². The summed E-state index contributed by atoms with van der Waals surface area (Å²) in [6.45, 7) is 7.49. The molecule has 6 nitrogen and oxygen atoms in total. The van der Waals surface area contributed by atoms with E-state index in [-0.39, 0.29) is 0 Å². The quantitative estimate of drug-likeness (QED) is 0.583. The second-order valence-electron chi connectivity index (χ2n) is 5.60. The van der Waals surface area contributed by atoms with Gasteiger partial charge in [-0.15, -0.1) is 0 Å². The first-order chi connectivity index (χ1) is 11.6. The number of nitrogen functional groups attached to an aromatic ring is 1. The number of anilines is 4. The molecule has 0 saturated carbocycles. The summed E-state index contributed by atoms with van der Waals surface area (Å²) in [5, 5.41) is 5.42. The van der Waals surface area contributed by atoms with Gasteiger partial charge in [0.15, 0.2) is 5.82 Å². The van der Waals surface area contributed by atoms with Crippen LogP contribution in [0.15, 0.2) is 36.9 Å². The maximum absolute atomic E-state index is 6.48. The molecule has 1 fully saturated rings. The van der Waals surface area contributed by atoms with E-state index < -0.39 is 0 Å². The summed E-state index contributed by atoms with van der Waals surface area (Å²) in [4.78, 5) is 6.66. The molecule has 1 aromatic carbocycles. The molecule has 5 N–H and O–H groups in total. The topological polar surface area (TPSA) is 83.4 Å². The Kier molecular flexibility index (Phi) is 4.89. The average Bonchev–Trinajstić information content (AvgIpc) is 2.62. The van der Waals surface area contributed by atoms with Crippen molar-refractivity contribution >= 4 is 40.6 Å². The summed E-state index contributed by atoms with van der Waals surface area (Å²) in [5.74, 6) is 6.68. The van der Waals surface area contributed by atoms with Crippen LogP contribution >= 0.6 is 11.6 Å². The summed E-state index contributed by atoms with van der Waals surface area (Å²) < 4.78 is 0. The van der Waals surface area contributed by atoms with Gasteiger partial charge in [0.25, 0.3) is 0 Å². The Balaban J connectivity index is 1.89. The highest BCUT2D eigenvalue weighted by Crippen LogP contribution is 2.33. The molecule has 1 saturated heterocycles. The first-order valence-electron chi connectivity index (χ1n) is 7.79. The van der Waals surface area contributed by atoms with Crippen LogP contribution in [0, 0.1) is 0 Å². The Morgan fingerprint density at radius 2 is 2.00 bits per heavy atom. The molecular weight excluding hydrogens is 324 g/mol. The lowest BCUT2D eigenvalue weighted by molar-refractivity contribution is 0.589. The van der Waals surface area contributed by atoms with Crippen molar-refractivity contribution in [2.75, 3.05) is 41.8 Å². The third-order valence-electron chi connectivity index (χ3n) is 4.03. The number of benzene rings is 1. The van der Waals surface area contributed by atoms with Gasteiger partial charge < -0.3 is 16.0 Å². The van der Waals surface area contributed by atoms with Crippen molar-refractivity contribution in [3.8, 4) is 0 Å². The van der Waals surface area contributed by atoms with E-state index in [4.69, 9.17) is 23.2 Å². The fraction of sp³-hybridized carbons (Fsp3) is 0.235. The van der Waals surface area contributed by atoms with Gasteiger partial charge in [-0.1, -0.05) is 18.2 Å². The van der Waals surface area contributed by atoms with E-state index >= 15 is 0 Å². The molecule has 0 spiro atoms. The number of hydrogen-bond donors (Lipinski definition) is 3. The number of hydrogen-bond acceptors (Lipinski definition) is 6. The fourth-order valence-corrected chi connectivity index (χ4v) is 3.00. The molecule has 1 aliphatic rings. The van der Waals surface area contributed by atoms with Crippen LogP contribution in [0.1, 0.15) is 5.69 Å². The Labute approximate surface area is 146 Å². The normalized spacial score (nSPS) is 14.5. The minimum absolute atomic E-state index is 0.471. The maximum atomic E-state index is 6.48. The van der Waals surface area contributed by atoms with Gasteiger partial charge in [0.1, 0.15) is 0 Å². The van der Waals surface area contributed by atoms with Crippen LogP contribution in [-0.4, -0.2) is 31.2 Å². The molecule has 0 bridgehead atoms. The molecule has 0 unspecified atom stereocenters. The van der Waals surface area contributed by atoms with Crippen molar-refractivity contribution in [1.29, 1.82) is 0 Å². The number of rotatable bonds is 4. The third-order valence-corrected chi connectivity index (χ3v) is 4.33. The number of nitrogens with zero attached hydrogens (tertiary/aromatic N) is 3. The SMILES string of the molecule is C=Cc1ccc(N)c(N(N)c2ccc(N3CCNCC3)c(Cl)c2)n1. The molecule has 24 heavy (non-hydrogen) atoms. The monoisotopic (exact) mass is 344 g/mol. The van der Waals surface area contributed by atoms with E-state index in [1.807, 2.05) is 18.2 Å². The molecule has 1 aromatic heterocycles. The van der Waals surface area contributed by atoms with E-state index in [0.717, 1.165) is 37.6 Å². The maximum Gasteiger partial charge on any atom is 0.171 e. The Bertz CT molecular complexity index is 742. The first-order valence-corrected chi connectivity index (χ1v) is 8.17. The molecule has 2 heterocycles. The number of nitrogens with one attached hydrogen (secondary N) is 1. The Morgan fingerprint density at radius 3 is 2.67 bits per heavy atom. The second kappa shape index (κ2) is 7.09. The molecule has 0 amide bonds. The summed E-state index contributed by atoms with van der Waals surface area (Å²) in [5.41, 5.74) is 8.93. The van der Waals surface area contributed by atoms with E-state index in [0.29, 0.717) is 22.2 Å². The molecular formula is C17H21ClN6. The van der Waals surface area contributed by atoms with Crippen molar-refractivity contribution in [3.63, 3.8) is 0 Å². The highest BCUT2D eigenvalue weighted by molar-refractivity contribution is 6.33. The van der Waals surface area contributed by atoms with Crippen molar-refractivity contribution in [2.24, 2.45) is 5.84 Å². The van der Waals surface area contributed by atoms with Crippen LogP contribution in [-0.2, 0) is 0 Å². The van der Waals surface area contributed by atoms with Gasteiger partial charge in [0.2, 0.25) is 0 Å². The van der Waals surface area contributed by atoms with Crippen LogP contribution < -0.4 is 26.8 Å². The average molecular weight is 345 g/mol. The minimum Gasteiger partial charge on any atom is -0.396 e. The van der Waals surface area contributed by atoms with E-state index in [1.165, 1.54) is 5.01 Å². The Morgan fingerprint density at radius 1 is 1.25 bits per heavy atom. The standard InChI is InChI=1S/C17H21ClN6/c1-2-12-3-5-15(19)17(22-12)24(20)13-4-6-16(14(18)11-13)23-9-7-21-8-10-23/h2-6,11,21H,1,7-10,19-20H2. The second-order valence-corrected chi connectivity index (χ2v) is 6.00. The van der Waals surface area contributed by atoms with Crippen molar-refractivity contribution in [2.45, 2.75) is 0 Å². The summed E-state index contributed by atoms with van der Waals surface area (Å²) >= 11 is 6.48. The summed E-state index contributed by atoms with van der Waals surface area (Å²) in [6, 6.07) is 9.29. The Hall–Kier alpha value is -2.28. The van der Waals surface area contributed by atoms with Crippen LogP contribution in [0.25, 0.3) is 6.08 Å². The van der Waals surface area contributed by atoms with Gasteiger partial charge in [-0.05, 0) is 36.4 Å². The zero-order chi connectivity index (χ0) is 17.1. The number of aromatic nitrogens is 1. The van der Waals surface area contributed by atoms with Gasteiger partial charge in [-0.25, -0.2) is 10.8 Å². The van der Waals surface area contributed by atoms with Crippen LogP contribution in [0.2, 0.25) is 5.02 Å². The lowest BCUT2D eigenvalue weighted by Gasteiger charge is -2.30. The first kappa shape index (κ1) is 16.6. The zero-order valence-corrected chi connectivity index (χ0v) is 14.1. The number of piperazine rings is 1. The molecule has 126 valence electrons. The van der Waals surface area contributed by atoms with Crippen LogP contribution in [0.4, 0.5) is 22.9 Å². The highest BCUT2D eigenvalue weighted by atomic mass is 35.5. The van der Waals surface area contributed by atoms with E-state index in [2.05, 4.69) is 21.8 Å². The van der Waals surface area contributed by atoms with Crippen molar-refractivity contribution in [1.82, 2.24) is 10.3 Å². The smallest absolute Gasteiger partial charge is 0.171 e. The molecule has 0 radical (unpaired) electrons. The number of pyridine rings is 1. The summed E-state index contributed by atoms with van der Waals surface area (Å²) in [7, 11) is 0. The molecule has 7 heteroatoms. The predicted octanol–water partition coefficient (Wildman–Crippen LogP) is 2.38. The number of halogens is 1. The molecule has 0 aliphatic carbocycles. The predicted molar refractivity (Wildman–Crippen MR) is 102 cm³/mol. The highest BCUT2D eigenvalue weighted by Gasteiger charge is 2.16. The largest absolute Gasteiger partial charge is 0.396 e. The lowest BCUT2D eigenvalue weighted by Crippen LogP contribution is -2.43. The third kappa shape index (κ3) is 3.31. The summed E-state index contributed by atoms with van der Waals surface area (Å²) in [6.07, 6.45) is 1.65. The van der Waals surface area contributed by atoms with Gasteiger partial charge >= 0.3 is 0 Å². The molecule has 3 rings (SSSR count). The lowest BCUT2D eigenvalue weighted by atomic mass is 10.2. The zero-order valence-electron chi connectivity index (χ0n) is 13.4. The van der Waals surface area contributed by atoms with Gasteiger partial charge in [-0.2, -0.15) is 0 Å². The number of nitrogens with two attached hydrogens (primary N) is 2. The van der Waals surface area contributed by atoms with Gasteiger partial charge in [0.05, 0.1) is 27.8 Å². The van der Waals surface area contributed by atoms with Crippen molar-refractivity contribution in [3.05, 3.63) is 47.6 Å².